The summed E-state index contributed by atoms with van der Waals surface area (Å²) in [6, 6.07) is 12.9. The molecule has 34 heavy (non-hydrogen) atoms. The summed E-state index contributed by atoms with van der Waals surface area (Å²) in [4.78, 5) is 18.5. The zero-order valence-electron chi connectivity index (χ0n) is 19.1. The van der Waals surface area contributed by atoms with Gasteiger partial charge in [-0.1, -0.05) is 30.7 Å². The Hall–Kier alpha value is -2.74. The third kappa shape index (κ3) is 4.60. The molecule has 0 saturated heterocycles. The molecule has 0 spiro atoms. The molecule has 2 atom stereocenters. The molecule has 180 valence electrons. The van der Waals surface area contributed by atoms with Crippen LogP contribution < -0.4 is 4.74 Å². The van der Waals surface area contributed by atoms with E-state index in [4.69, 9.17) is 26.2 Å². The average Bonchev–Trinajstić information content (AvgIpc) is 3.48. The number of aromatic amines is 1. The maximum atomic E-state index is 13.2. The van der Waals surface area contributed by atoms with E-state index in [0.717, 1.165) is 40.6 Å². The number of benzene rings is 2. The molecule has 2 aromatic carbocycles. The van der Waals surface area contributed by atoms with Gasteiger partial charge in [0.05, 0.1) is 13.2 Å². The number of ether oxygens (including phenoxy) is 2. The average molecular weight is 485 g/mol. The van der Waals surface area contributed by atoms with E-state index in [1.165, 1.54) is 0 Å². The summed E-state index contributed by atoms with van der Waals surface area (Å²) in [6.07, 6.45) is 1.63. The number of hydrogen-bond donors (Lipinski definition) is 3. The van der Waals surface area contributed by atoms with Crippen molar-refractivity contribution in [3.63, 3.8) is 0 Å². The molecule has 3 aromatic rings. The normalized spacial score (nSPS) is 19.5. The summed E-state index contributed by atoms with van der Waals surface area (Å²) in [5.74, 6) is 0.575. The molecule has 1 aliphatic carbocycles. The Bertz CT molecular complexity index is 1190. The van der Waals surface area contributed by atoms with Crippen molar-refractivity contribution < 1.29 is 24.5 Å². The van der Waals surface area contributed by atoms with E-state index in [9.17, 15) is 9.90 Å². The Labute approximate surface area is 203 Å². The van der Waals surface area contributed by atoms with Crippen molar-refractivity contribution in [1.29, 1.82) is 0 Å². The second-order valence-electron chi connectivity index (χ2n) is 9.63. The highest BCUT2D eigenvalue weighted by molar-refractivity contribution is 6.31. The van der Waals surface area contributed by atoms with Gasteiger partial charge >= 0.3 is 6.09 Å². The molecule has 0 bridgehead atoms. The van der Waals surface area contributed by atoms with Crippen molar-refractivity contribution in [2.45, 2.75) is 38.3 Å². The third-order valence-electron chi connectivity index (χ3n) is 6.82. The molecule has 3 N–H and O–H groups in total. The Morgan fingerprint density at radius 1 is 1.26 bits per heavy atom. The molecule has 1 aliphatic heterocycles. The van der Waals surface area contributed by atoms with Crippen LogP contribution in [0.3, 0.4) is 0 Å². The Balaban J connectivity index is 1.47. The van der Waals surface area contributed by atoms with Crippen LogP contribution in [0.1, 0.15) is 42.6 Å². The summed E-state index contributed by atoms with van der Waals surface area (Å²) < 4.78 is 11.3. The van der Waals surface area contributed by atoms with Crippen LogP contribution in [0.25, 0.3) is 10.9 Å². The minimum absolute atomic E-state index is 0.00339. The number of aliphatic hydroxyl groups excluding tert-OH is 2. The van der Waals surface area contributed by atoms with Crippen LogP contribution in [0.4, 0.5) is 4.79 Å². The van der Waals surface area contributed by atoms with Crippen molar-refractivity contribution in [2.75, 3.05) is 26.4 Å². The molecule has 0 unspecified atom stereocenters. The fraction of sp³-hybridized carbons (Fsp3) is 0.423. The summed E-state index contributed by atoms with van der Waals surface area (Å²) in [7, 11) is 0. The molecule has 1 fully saturated rings. The lowest BCUT2D eigenvalue weighted by molar-refractivity contribution is 0.0536. The number of carbonyl (C=O) groups is 1. The maximum absolute atomic E-state index is 13.2. The smallest absolute Gasteiger partial charge is 0.410 e. The van der Waals surface area contributed by atoms with Gasteiger partial charge in [-0.15, -0.1) is 0 Å². The Kier molecular flexibility index (Phi) is 6.18. The predicted octanol–water partition coefficient (Wildman–Crippen LogP) is 4.44. The van der Waals surface area contributed by atoms with Crippen LogP contribution in [0, 0.1) is 5.41 Å². The summed E-state index contributed by atoms with van der Waals surface area (Å²) in [6.45, 7) is 2.75. The number of aromatic nitrogens is 1. The highest BCUT2D eigenvalue weighted by atomic mass is 35.5. The van der Waals surface area contributed by atoms with Gasteiger partial charge in [0.2, 0.25) is 0 Å². The van der Waals surface area contributed by atoms with Crippen LogP contribution in [-0.4, -0.2) is 58.7 Å². The number of fused-ring (bicyclic) bond motifs is 3. The van der Waals surface area contributed by atoms with Gasteiger partial charge in [0.25, 0.3) is 0 Å². The molecule has 5 rings (SSSR count). The van der Waals surface area contributed by atoms with Gasteiger partial charge in [0.1, 0.15) is 24.5 Å². The van der Waals surface area contributed by atoms with Gasteiger partial charge < -0.3 is 24.7 Å². The minimum Gasteiger partial charge on any atom is -0.491 e. The number of aliphatic hydroxyl groups is 2. The molecule has 1 aromatic heterocycles. The van der Waals surface area contributed by atoms with Crippen LogP contribution in [-0.2, 0) is 11.2 Å². The first-order valence-corrected chi connectivity index (χ1v) is 12.0. The SMILES string of the molecule is CC1(COC(=O)N2CCc3c([nH]c4ccc(Cl)cc34)[C@@H]2c2ccc(OC[C@@H](O)CO)cc2)CC1. The lowest BCUT2D eigenvalue weighted by Gasteiger charge is -2.35. The van der Waals surface area contributed by atoms with E-state index >= 15 is 0 Å². The largest absolute Gasteiger partial charge is 0.491 e. The van der Waals surface area contributed by atoms with Crippen LogP contribution in [0.5, 0.6) is 5.75 Å². The van der Waals surface area contributed by atoms with Crippen molar-refractivity contribution in [3.05, 3.63) is 64.3 Å². The number of carbonyl (C=O) groups excluding carboxylic acids is 1. The summed E-state index contributed by atoms with van der Waals surface area (Å²) >= 11 is 6.27. The fourth-order valence-corrected chi connectivity index (χ4v) is 4.64. The molecule has 2 heterocycles. The van der Waals surface area contributed by atoms with Gasteiger partial charge in [-0.25, -0.2) is 4.79 Å². The molecule has 8 heteroatoms. The van der Waals surface area contributed by atoms with Gasteiger partial charge in [0, 0.05) is 33.6 Å². The standard InChI is InChI=1S/C26H29ClN2O5/c1-26(9-10-26)15-34-25(32)29-11-8-20-21-12-17(27)4-7-22(21)28-23(20)24(29)16-2-5-19(6-3-16)33-14-18(31)13-30/h2-7,12,18,24,28,30-31H,8-11,13-15H2,1H3/t18-,24-/m0/s1. The predicted molar refractivity (Wildman–Crippen MR) is 129 cm³/mol. The van der Waals surface area contributed by atoms with Crippen LogP contribution in [0.15, 0.2) is 42.5 Å². The molecule has 0 radical (unpaired) electrons. The number of nitrogens with zero attached hydrogens (tertiary/aromatic N) is 1. The molecule has 7 nitrogen and oxygen atoms in total. The number of hydrogen-bond acceptors (Lipinski definition) is 5. The van der Waals surface area contributed by atoms with Gasteiger partial charge in [-0.05, 0) is 60.7 Å². The van der Waals surface area contributed by atoms with Crippen molar-refractivity contribution in [2.24, 2.45) is 5.41 Å². The van der Waals surface area contributed by atoms with Crippen LogP contribution in [0.2, 0.25) is 5.02 Å². The van der Waals surface area contributed by atoms with Crippen LogP contribution >= 0.6 is 11.6 Å². The highest BCUT2D eigenvalue weighted by Crippen LogP contribution is 2.45. The van der Waals surface area contributed by atoms with Crippen molar-refractivity contribution >= 4 is 28.6 Å². The number of rotatable bonds is 7. The molecule has 2 aliphatic rings. The number of halogens is 1. The van der Waals surface area contributed by atoms with E-state index in [1.807, 2.05) is 42.5 Å². The quantitative estimate of drug-likeness (QED) is 0.461. The molecule has 1 saturated carbocycles. The van der Waals surface area contributed by atoms with E-state index in [2.05, 4.69) is 11.9 Å². The summed E-state index contributed by atoms with van der Waals surface area (Å²) in [5.41, 5.74) is 4.14. The van der Waals surface area contributed by atoms with E-state index < -0.39 is 6.10 Å². The second-order valence-corrected chi connectivity index (χ2v) is 10.1. The number of H-pyrrole nitrogens is 1. The van der Waals surface area contributed by atoms with E-state index in [1.54, 1.807) is 4.90 Å². The molecular formula is C26H29ClN2O5. The fourth-order valence-electron chi connectivity index (χ4n) is 4.47. The second kappa shape index (κ2) is 9.13. The molecular weight excluding hydrogens is 456 g/mol. The monoisotopic (exact) mass is 484 g/mol. The third-order valence-corrected chi connectivity index (χ3v) is 7.06. The number of amides is 1. The Morgan fingerprint density at radius 3 is 2.74 bits per heavy atom. The Morgan fingerprint density at radius 2 is 2.03 bits per heavy atom. The minimum atomic E-state index is -0.933. The zero-order chi connectivity index (χ0) is 23.9. The van der Waals surface area contributed by atoms with E-state index in [-0.39, 0.29) is 30.8 Å². The summed E-state index contributed by atoms with van der Waals surface area (Å²) in [5, 5.41) is 20.3. The van der Waals surface area contributed by atoms with Gasteiger partial charge in [-0.2, -0.15) is 0 Å². The van der Waals surface area contributed by atoms with Gasteiger partial charge in [0.15, 0.2) is 0 Å². The first-order valence-electron chi connectivity index (χ1n) is 11.6. The number of nitrogens with one attached hydrogen (secondary N) is 1. The van der Waals surface area contributed by atoms with Gasteiger partial charge in [-0.3, -0.25) is 4.90 Å². The lowest BCUT2D eigenvalue weighted by atomic mass is 9.92. The van der Waals surface area contributed by atoms with Crippen molar-refractivity contribution in [1.82, 2.24) is 9.88 Å². The first kappa shape index (κ1) is 23.0. The zero-order valence-corrected chi connectivity index (χ0v) is 19.8. The lowest BCUT2D eigenvalue weighted by Crippen LogP contribution is -2.41. The topological polar surface area (TPSA) is 95.0 Å². The molecule has 1 amide bonds. The van der Waals surface area contributed by atoms with Crippen molar-refractivity contribution in [3.8, 4) is 5.75 Å². The maximum Gasteiger partial charge on any atom is 0.410 e. The first-order chi connectivity index (χ1) is 16.4. The van der Waals surface area contributed by atoms with E-state index in [0.29, 0.717) is 30.3 Å². The highest BCUT2D eigenvalue weighted by Gasteiger charge is 2.41.